The van der Waals surface area contributed by atoms with E-state index in [0.29, 0.717) is 13.0 Å². The van der Waals surface area contributed by atoms with Gasteiger partial charge in [0.25, 0.3) is 0 Å². The molecule has 0 N–H and O–H groups in total. The van der Waals surface area contributed by atoms with Crippen LogP contribution >= 0.6 is 0 Å². The summed E-state index contributed by atoms with van der Waals surface area (Å²) in [5.74, 6) is 0. The number of ether oxygens (including phenoxy) is 6. The highest BCUT2D eigenvalue weighted by Crippen LogP contribution is 2.31. The molecule has 6 nitrogen and oxygen atoms in total. The topological polar surface area (TPSA) is 55.4 Å². The maximum absolute atomic E-state index is 6.24. The molecule has 6 atom stereocenters. The van der Waals surface area contributed by atoms with Crippen LogP contribution < -0.4 is 0 Å². The highest BCUT2D eigenvalue weighted by atomic mass is 16.7. The molecule has 146 valence electrons. The first-order valence-electron chi connectivity index (χ1n) is 8.73. The molecule has 0 aliphatic carbocycles. The molecule has 1 aromatic carbocycles. The number of hydrogen-bond acceptors (Lipinski definition) is 6. The van der Waals surface area contributed by atoms with Crippen LogP contribution in [-0.4, -0.2) is 65.2 Å². The molecule has 0 spiro atoms. The maximum atomic E-state index is 6.24. The quantitative estimate of drug-likeness (QED) is 0.593. The van der Waals surface area contributed by atoms with E-state index >= 15 is 0 Å². The Labute approximate surface area is 156 Å². The smallest absolute Gasteiger partial charge is 0.186 e. The molecule has 0 radical (unpaired) electrons. The molecule has 1 aromatic rings. The first-order valence-corrected chi connectivity index (χ1v) is 8.73. The van der Waals surface area contributed by atoms with Crippen LogP contribution in [0.1, 0.15) is 12.0 Å². The van der Waals surface area contributed by atoms with Gasteiger partial charge in [0.2, 0.25) is 0 Å². The van der Waals surface area contributed by atoms with Gasteiger partial charge in [-0.15, -0.1) is 6.58 Å². The fourth-order valence-corrected chi connectivity index (χ4v) is 3.33. The third-order valence-electron chi connectivity index (χ3n) is 4.66. The Balaban J connectivity index is 2.25. The predicted molar refractivity (Wildman–Crippen MR) is 97.9 cm³/mol. The van der Waals surface area contributed by atoms with Crippen LogP contribution in [0.15, 0.2) is 43.0 Å². The molecular formula is C20H30O6. The number of rotatable bonds is 10. The minimum Gasteiger partial charge on any atom is -0.378 e. The third-order valence-corrected chi connectivity index (χ3v) is 4.66. The first-order chi connectivity index (χ1) is 12.7. The summed E-state index contributed by atoms with van der Waals surface area (Å²) in [7, 11) is 6.48. The lowest BCUT2D eigenvalue weighted by Gasteiger charge is -2.46. The number of methoxy groups -OCH3 is 4. The van der Waals surface area contributed by atoms with Gasteiger partial charge in [0, 0.05) is 28.4 Å². The van der Waals surface area contributed by atoms with Gasteiger partial charge in [-0.05, 0) is 12.0 Å². The average molecular weight is 366 g/mol. The lowest BCUT2D eigenvalue weighted by Crippen LogP contribution is -2.63. The van der Waals surface area contributed by atoms with E-state index in [-0.39, 0.29) is 24.4 Å². The molecule has 1 saturated heterocycles. The molecule has 1 heterocycles. The van der Waals surface area contributed by atoms with Crippen LogP contribution in [0.4, 0.5) is 0 Å². The Bertz CT molecular complexity index is 522. The molecule has 0 bridgehead atoms. The van der Waals surface area contributed by atoms with Crippen molar-refractivity contribution in [2.24, 2.45) is 0 Å². The fraction of sp³-hybridized carbons (Fsp3) is 0.600. The van der Waals surface area contributed by atoms with Gasteiger partial charge in [0.1, 0.15) is 24.4 Å². The highest BCUT2D eigenvalue weighted by molar-refractivity contribution is 5.13. The van der Waals surface area contributed by atoms with Crippen molar-refractivity contribution in [1.29, 1.82) is 0 Å². The summed E-state index contributed by atoms with van der Waals surface area (Å²) in [6, 6.07) is 9.97. The van der Waals surface area contributed by atoms with Gasteiger partial charge in [-0.2, -0.15) is 0 Å². The van der Waals surface area contributed by atoms with Crippen LogP contribution in [0, 0.1) is 0 Å². The molecule has 0 aromatic heterocycles. The van der Waals surface area contributed by atoms with Crippen LogP contribution in [-0.2, 0) is 35.0 Å². The van der Waals surface area contributed by atoms with Crippen LogP contribution in [0.25, 0.3) is 0 Å². The normalized spacial score (nSPS) is 30.1. The largest absolute Gasteiger partial charge is 0.378 e. The predicted octanol–water partition coefficient (Wildman–Crippen LogP) is 2.56. The van der Waals surface area contributed by atoms with E-state index in [1.165, 1.54) is 0 Å². The van der Waals surface area contributed by atoms with Gasteiger partial charge >= 0.3 is 0 Å². The summed E-state index contributed by atoms with van der Waals surface area (Å²) < 4.78 is 34.8. The van der Waals surface area contributed by atoms with E-state index < -0.39 is 12.4 Å². The zero-order valence-electron chi connectivity index (χ0n) is 16.0. The SMILES string of the molecule is C=CC[C@H](OC)[C@H]1O[C@H](OC)[C@H](OC)[C@@H](OC)[C@@H]1OCc1ccccc1. The van der Waals surface area contributed by atoms with Gasteiger partial charge in [0.15, 0.2) is 6.29 Å². The van der Waals surface area contributed by atoms with Crippen LogP contribution in [0.5, 0.6) is 0 Å². The van der Waals surface area contributed by atoms with Crippen molar-refractivity contribution in [2.75, 3.05) is 28.4 Å². The Hall–Kier alpha value is -1.28. The van der Waals surface area contributed by atoms with Crippen LogP contribution in [0.2, 0.25) is 0 Å². The molecule has 1 aliphatic rings. The van der Waals surface area contributed by atoms with Crippen molar-refractivity contribution >= 4 is 0 Å². The molecule has 1 fully saturated rings. The number of hydrogen-bond donors (Lipinski definition) is 0. The van der Waals surface area contributed by atoms with Crippen molar-refractivity contribution in [3.05, 3.63) is 48.6 Å². The summed E-state index contributed by atoms with van der Waals surface area (Å²) in [4.78, 5) is 0. The zero-order valence-corrected chi connectivity index (χ0v) is 16.0. The Morgan fingerprint density at radius 2 is 1.69 bits per heavy atom. The third kappa shape index (κ3) is 4.91. The lowest BCUT2D eigenvalue weighted by atomic mass is 9.93. The first kappa shape index (κ1) is 21.0. The molecule has 0 amide bonds. The van der Waals surface area contributed by atoms with Crippen molar-refractivity contribution in [3.8, 4) is 0 Å². The van der Waals surface area contributed by atoms with Crippen molar-refractivity contribution in [1.82, 2.24) is 0 Å². The Kier molecular flexibility index (Phi) is 8.71. The molecule has 2 rings (SSSR count). The molecule has 0 unspecified atom stereocenters. The Morgan fingerprint density at radius 1 is 1.00 bits per heavy atom. The summed E-state index contributed by atoms with van der Waals surface area (Å²) in [6.45, 7) is 4.24. The van der Waals surface area contributed by atoms with E-state index in [1.54, 1.807) is 34.5 Å². The van der Waals surface area contributed by atoms with Gasteiger partial charge in [-0.25, -0.2) is 0 Å². The van der Waals surface area contributed by atoms with E-state index in [0.717, 1.165) is 5.56 Å². The highest BCUT2D eigenvalue weighted by Gasteiger charge is 2.50. The molecule has 0 saturated carbocycles. The molecule has 6 heteroatoms. The average Bonchev–Trinajstić information content (AvgIpc) is 2.69. The second kappa shape index (κ2) is 10.8. The molecule has 1 aliphatic heterocycles. The molecule has 26 heavy (non-hydrogen) atoms. The van der Waals surface area contributed by atoms with Gasteiger partial charge in [-0.1, -0.05) is 36.4 Å². The summed E-state index contributed by atoms with van der Waals surface area (Å²) in [5, 5.41) is 0. The second-order valence-electron chi connectivity index (χ2n) is 6.17. The van der Waals surface area contributed by atoms with Crippen molar-refractivity contribution < 1.29 is 28.4 Å². The van der Waals surface area contributed by atoms with Gasteiger partial charge < -0.3 is 28.4 Å². The van der Waals surface area contributed by atoms with Crippen molar-refractivity contribution in [2.45, 2.75) is 49.8 Å². The Morgan fingerprint density at radius 3 is 2.23 bits per heavy atom. The minimum atomic E-state index is -0.575. The fourth-order valence-electron chi connectivity index (χ4n) is 3.33. The summed E-state index contributed by atoms with van der Waals surface area (Å²) in [5.41, 5.74) is 1.07. The van der Waals surface area contributed by atoms with E-state index in [4.69, 9.17) is 28.4 Å². The van der Waals surface area contributed by atoms with Gasteiger partial charge in [-0.3, -0.25) is 0 Å². The summed E-state index contributed by atoms with van der Waals surface area (Å²) >= 11 is 0. The van der Waals surface area contributed by atoms with E-state index in [9.17, 15) is 0 Å². The van der Waals surface area contributed by atoms with E-state index in [2.05, 4.69) is 6.58 Å². The maximum Gasteiger partial charge on any atom is 0.186 e. The lowest BCUT2D eigenvalue weighted by molar-refractivity contribution is -0.320. The minimum absolute atomic E-state index is 0.235. The van der Waals surface area contributed by atoms with Crippen molar-refractivity contribution in [3.63, 3.8) is 0 Å². The summed E-state index contributed by atoms with van der Waals surface area (Å²) in [6.07, 6.45) is 0.0623. The number of benzene rings is 1. The van der Waals surface area contributed by atoms with Crippen LogP contribution in [0.3, 0.4) is 0 Å². The van der Waals surface area contributed by atoms with Gasteiger partial charge in [0.05, 0.1) is 12.7 Å². The molecular weight excluding hydrogens is 336 g/mol. The monoisotopic (exact) mass is 366 g/mol. The standard InChI is InChI=1S/C20H30O6/c1-6-10-15(21-2)16-18(25-13-14-11-8-7-9-12-14)17(22-3)19(23-4)20(24-5)26-16/h6-9,11-12,15-20H,1,10,13H2,2-5H3/t15-,16+,17-,18+,19+,20-/m0/s1. The van der Waals surface area contributed by atoms with E-state index in [1.807, 2.05) is 30.3 Å². The second-order valence-corrected chi connectivity index (χ2v) is 6.17. The zero-order chi connectivity index (χ0) is 18.9.